The Kier molecular flexibility index (Phi) is 6.50. The normalized spacial score (nSPS) is 10.9. The standard InChI is InChI=1S/C24H26N6O2S/c1-15-10-12-18(13-11-15)30-17(3)22(16(2)28-30)25-21(31)14-33-24-27-26-23(29(24)4)19-8-6-7-9-20(19)32-5/h6-13H,14H2,1-5H3,(H,25,31). The number of carbonyl (C=O) groups excluding carboxylic acids is 1. The van der Waals surface area contributed by atoms with E-state index in [9.17, 15) is 4.79 Å². The third-order valence-corrected chi connectivity index (χ3v) is 6.37. The number of methoxy groups -OCH3 is 1. The number of ether oxygens (including phenoxy) is 1. The number of thioether (sulfide) groups is 1. The van der Waals surface area contributed by atoms with Gasteiger partial charge in [0.15, 0.2) is 11.0 Å². The van der Waals surface area contributed by atoms with Crippen LogP contribution in [0.25, 0.3) is 17.1 Å². The molecule has 0 aliphatic rings. The molecular formula is C24H26N6O2S. The maximum Gasteiger partial charge on any atom is 0.234 e. The van der Waals surface area contributed by atoms with Gasteiger partial charge < -0.3 is 14.6 Å². The van der Waals surface area contributed by atoms with E-state index in [-0.39, 0.29) is 11.7 Å². The SMILES string of the molecule is COc1ccccc1-c1nnc(SCC(=O)Nc2c(C)nn(-c3ccc(C)cc3)c2C)n1C. The van der Waals surface area contributed by atoms with Gasteiger partial charge >= 0.3 is 0 Å². The number of hydrogen-bond donors (Lipinski definition) is 1. The van der Waals surface area contributed by atoms with E-state index >= 15 is 0 Å². The van der Waals surface area contributed by atoms with Crippen LogP contribution in [-0.2, 0) is 11.8 Å². The first-order chi connectivity index (χ1) is 15.9. The van der Waals surface area contributed by atoms with Gasteiger partial charge in [-0.25, -0.2) is 4.68 Å². The summed E-state index contributed by atoms with van der Waals surface area (Å²) in [7, 11) is 3.50. The molecule has 2 aromatic carbocycles. The van der Waals surface area contributed by atoms with Crippen molar-refractivity contribution in [2.45, 2.75) is 25.9 Å². The maximum absolute atomic E-state index is 12.7. The highest BCUT2D eigenvalue weighted by molar-refractivity contribution is 7.99. The van der Waals surface area contributed by atoms with Crippen LogP contribution in [0.3, 0.4) is 0 Å². The molecule has 4 rings (SSSR count). The molecule has 2 aromatic heterocycles. The highest BCUT2D eigenvalue weighted by Crippen LogP contribution is 2.30. The number of para-hydroxylation sites is 1. The minimum absolute atomic E-state index is 0.128. The Bertz CT molecular complexity index is 1290. The quantitative estimate of drug-likeness (QED) is 0.411. The molecule has 1 N–H and O–H groups in total. The van der Waals surface area contributed by atoms with Crippen molar-refractivity contribution in [3.05, 3.63) is 65.5 Å². The first-order valence-electron chi connectivity index (χ1n) is 10.5. The molecule has 0 atom stereocenters. The summed E-state index contributed by atoms with van der Waals surface area (Å²) >= 11 is 1.33. The van der Waals surface area contributed by atoms with Gasteiger partial charge in [-0.2, -0.15) is 5.10 Å². The lowest BCUT2D eigenvalue weighted by molar-refractivity contribution is -0.113. The molecule has 8 nitrogen and oxygen atoms in total. The monoisotopic (exact) mass is 462 g/mol. The molecule has 0 fully saturated rings. The predicted octanol–water partition coefficient (Wildman–Crippen LogP) is 4.33. The van der Waals surface area contributed by atoms with Gasteiger partial charge in [0.2, 0.25) is 5.91 Å². The van der Waals surface area contributed by atoms with E-state index in [1.165, 1.54) is 17.3 Å². The Hall–Kier alpha value is -3.59. The van der Waals surface area contributed by atoms with Crippen molar-refractivity contribution in [1.29, 1.82) is 0 Å². The summed E-state index contributed by atoms with van der Waals surface area (Å²) < 4.78 is 9.14. The van der Waals surface area contributed by atoms with Crippen molar-refractivity contribution in [2.24, 2.45) is 7.05 Å². The Morgan fingerprint density at radius 1 is 1.06 bits per heavy atom. The minimum Gasteiger partial charge on any atom is -0.496 e. The minimum atomic E-state index is -0.128. The zero-order valence-corrected chi connectivity index (χ0v) is 20.1. The van der Waals surface area contributed by atoms with Crippen molar-refractivity contribution in [2.75, 3.05) is 18.2 Å². The van der Waals surface area contributed by atoms with Gasteiger partial charge in [-0.05, 0) is 45.0 Å². The zero-order valence-electron chi connectivity index (χ0n) is 19.3. The third-order valence-electron chi connectivity index (χ3n) is 5.35. The largest absolute Gasteiger partial charge is 0.496 e. The number of rotatable bonds is 7. The van der Waals surface area contributed by atoms with Crippen molar-refractivity contribution in [1.82, 2.24) is 24.5 Å². The third kappa shape index (κ3) is 4.63. The fourth-order valence-corrected chi connectivity index (χ4v) is 4.28. The molecule has 33 heavy (non-hydrogen) atoms. The zero-order chi connectivity index (χ0) is 23.5. The van der Waals surface area contributed by atoms with Crippen molar-refractivity contribution >= 4 is 23.4 Å². The second-order valence-electron chi connectivity index (χ2n) is 7.70. The number of carbonyl (C=O) groups is 1. The van der Waals surface area contributed by atoms with Crippen LogP contribution in [0, 0.1) is 20.8 Å². The highest BCUT2D eigenvalue weighted by Gasteiger charge is 2.18. The van der Waals surface area contributed by atoms with Gasteiger partial charge in [-0.3, -0.25) is 4.79 Å². The lowest BCUT2D eigenvalue weighted by atomic mass is 10.2. The van der Waals surface area contributed by atoms with E-state index in [2.05, 4.69) is 20.6 Å². The van der Waals surface area contributed by atoms with Crippen LogP contribution in [0.5, 0.6) is 5.75 Å². The van der Waals surface area contributed by atoms with Crippen LogP contribution in [-0.4, -0.2) is 43.3 Å². The van der Waals surface area contributed by atoms with Gasteiger partial charge in [-0.1, -0.05) is 41.6 Å². The first kappa shape index (κ1) is 22.6. The number of anilines is 1. The number of aromatic nitrogens is 5. The summed E-state index contributed by atoms with van der Waals surface area (Å²) in [6, 6.07) is 15.8. The molecule has 170 valence electrons. The van der Waals surface area contributed by atoms with Crippen LogP contribution in [0.4, 0.5) is 5.69 Å². The smallest absolute Gasteiger partial charge is 0.234 e. The van der Waals surface area contributed by atoms with Crippen molar-refractivity contribution < 1.29 is 9.53 Å². The van der Waals surface area contributed by atoms with Crippen LogP contribution < -0.4 is 10.1 Å². The molecule has 0 spiro atoms. The van der Waals surface area contributed by atoms with Crippen LogP contribution in [0.2, 0.25) is 0 Å². The first-order valence-corrected chi connectivity index (χ1v) is 11.5. The molecule has 9 heteroatoms. The van der Waals surface area contributed by atoms with E-state index in [1.807, 2.05) is 85.6 Å². The van der Waals surface area contributed by atoms with E-state index < -0.39 is 0 Å². The van der Waals surface area contributed by atoms with Crippen molar-refractivity contribution in [3.8, 4) is 22.8 Å². The number of hydrogen-bond acceptors (Lipinski definition) is 6. The molecule has 1 amide bonds. The molecular weight excluding hydrogens is 436 g/mol. The fraction of sp³-hybridized carbons (Fsp3) is 0.250. The summed E-state index contributed by atoms with van der Waals surface area (Å²) in [6.07, 6.45) is 0. The molecule has 0 aliphatic carbocycles. The van der Waals surface area contributed by atoms with Gasteiger partial charge in [0.25, 0.3) is 0 Å². The lowest BCUT2D eigenvalue weighted by Crippen LogP contribution is -2.15. The summed E-state index contributed by atoms with van der Waals surface area (Å²) in [4.78, 5) is 12.7. The highest BCUT2D eigenvalue weighted by atomic mass is 32.2. The predicted molar refractivity (Wildman–Crippen MR) is 130 cm³/mol. The van der Waals surface area contributed by atoms with Gasteiger partial charge in [0.1, 0.15) is 5.75 Å². The number of amides is 1. The van der Waals surface area contributed by atoms with Crippen molar-refractivity contribution in [3.63, 3.8) is 0 Å². The van der Waals surface area contributed by atoms with E-state index in [1.54, 1.807) is 7.11 Å². The summed E-state index contributed by atoms with van der Waals surface area (Å²) in [5.41, 5.74) is 5.37. The van der Waals surface area contributed by atoms with Gasteiger partial charge in [0.05, 0.1) is 41.2 Å². The van der Waals surface area contributed by atoms with Crippen LogP contribution in [0.15, 0.2) is 53.7 Å². The van der Waals surface area contributed by atoms with Crippen LogP contribution in [0.1, 0.15) is 17.0 Å². The number of nitrogens with zero attached hydrogens (tertiary/aromatic N) is 5. The second-order valence-corrected chi connectivity index (χ2v) is 8.64. The van der Waals surface area contributed by atoms with E-state index in [0.29, 0.717) is 11.0 Å². The molecule has 4 aromatic rings. The Balaban J connectivity index is 1.46. The molecule has 0 radical (unpaired) electrons. The van der Waals surface area contributed by atoms with E-state index in [0.717, 1.165) is 34.1 Å². The Morgan fingerprint density at radius 2 is 1.79 bits per heavy atom. The maximum atomic E-state index is 12.7. The Labute approximate surface area is 197 Å². The second kappa shape index (κ2) is 9.50. The van der Waals surface area contributed by atoms with Gasteiger partial charge in [-0.15, -0.1) is 10.2 Å². The molecule has 0 bridgehead atoms. The average Bonchev–Trinajstić information content (AvgIpc) is 3.32. The number of nitrogens with one attached hydrogen (secondary N) is 1. The molecule has 0 unspecified atom stereocenters. The molecule has 2 heterocycles. The molecule has 0 aliphatic heterocycles. The Morgan fingerprint density at radius 3 is 2.52 bits per heavy atom. The fourth-order valence-electron chi connectivity index (χ4n) is 3.57. The molecule has 0 saturated carbocycles. The average molecular weight is 463 g/mol. The van der Waals surface area contributed by atoms with Gasteiger partial charge in [0, 0.05) is 7.05 Å². The summed E-state index contributed by atoms with van der Waals surface area (Å²) in [5.74, 6) is 1.48. The van der Waals surface area contributed by atoms with E-state index in [4.69, 9.17) is 4.74 Å². The summed E-state index contributed by atoms with van der Waals surface area (Å²) in [6.45, 7) is 5.89. The topological polar surface area (TPSA) is 86.9 Å². The van der Waals surface area contributed by atoms with Crippen LogP contribution >= 0.6 is 11.8 Å². The molecule has 0 saturated heterocycles. The lowest BCUT2D eigenvalue weighted by Gasteiger charge is -2.09. The number of benzene rings is 2. The summed E-state index contributed by atoms with van der Waals surface area (Å²) in [5, 5.41) is 16.8. The number of aryl methyl sites for hydroxylation is 2.